The lowest BCUT2D eigenvalue weighted by Crippen LogP contribution is -2.08. The molecule has 26 heavy (non-hydrogen) atoms. The van der Waals surface area contributed by atoms with Crippen molar-refractivity contribution in [3.05, 3.63) is 88.5 Å². The highest BCUT2D eigenvalue weighted by Crippen LogP contribution is 2.37. The second-order valence-corrected chi connectivity index (χ2v) is 6.74. The molecule has 0 saturated carbocycles. The molecule has 0 amide bonds. The first-order chi connectivity index (χ1) is 12.5. The molecule has 0 aromatic heterocycles. The lowest BCUT2D eigenvalue weighted by atomic mass is 9.81. The number of benzene rings is 3. The van der Waals surface area contributed by atoms with E-state index in [9.17, 15) is 0 Å². The molecule has 3 aromatic rings. The number of nitrogen functional groups attached to an aromatic ring is 1. The molecular formula is C23H27N3. The maximum atomic E-state index is 5.92. The summed E-state index contributed by atoms with van der Waals surface area (Å²) in [7, 11) is 3.90. The van der Waals surface area contributed by atoms with Gasteiger partial charge in [-0.3, -0.25) is 0 Å². The Kier molecular flexibility index (Phi) is 5.17. The van der Waals surface area contributed by atoms with Gasteiger partial charge in [0.05, 0.1) is 0 Å². The maximum Gasteiger partial charge on any atom is 0.0345 e. The zero-order chi connectivity index (χ0) is 18.7. The molecule has 4 N–H and O–H groups in total. The van der Waals surface area contributed by atoms with Gasteiger partial charge < -0.3 is 16.4 Å². The highest BCUT2D eigenvalue weighted by atomic mass is 14.8. The van der Waals surface area contributed by atoms with Crippen molar-refractivity contribution >= 4 is 17.1 Å². The number of hydrogen-bond donors (Lipinski definition) is 3. The fourth-order valence-corrected chi connectivity index (χ4v) is 3.53. The Morgan fingerprint density at radius 1 is 0.692 bits per heavy atom. The van der Waals surface area contributed by atoms with Crippen LogP contribution in [0.1, 0.15) is 33.7 Å². The second-order valence-electron chi connectivity index (χ2n) is 6.74. The molecule has 3 nitrogen and oxygen atoms in total. The van der Waals surface area contributed by atoms with Gasteiger partial charge in [0.2, 0.25) is 0 Å². The van der Waals surface area contributed by atoms with Crippen LogP contribution in [0, 0.1) is 13.8 Å². The summed E-state index contributed by atoms with van der Waals surface area (Å²) >= 11 is 0. The first kappa shape index (κ1) is 17.9. The van der Waals surface area contributed by atoms with Crippen LogP contribution >= 0.6 is 0 Å². The minimum atomic E-state index is 0.174. The summed E-state index contributed by atoms with van der Waals surface area (Å²) in [5.41, 5.74) is 15.4. The van der Waals surface area contributed by atoms with Crippen LogP contribution in [0.3, 0.4) is 0 Å². The van der Waals surface area contributed by atoms with Crippen molar-refractivity contribution in [3.8, 4) is 0 Å². The maximum absolute atomic E-state index is 5.92. The van der Waals surface area contributed by atoms with E-state index >= 15 is 0 Å². The fraction of sp³-hybridized carbons (Fsp3) is 0.217. The van der Waals surface area contributed by atoms with E-state index in [1.54, 1.807) is 0 Å². The van der Waals surface area contributed by atoms with E-state index < -0.39 is 0 Å². The van der Waals surface area contributed by atoms with E-state index in [1.165, 1.54) is 27.8 Å². The molecule has 0 aliphatic carbocycles. The van der Waals surface area contributed by atoms with Gasteiger partial charge in [0, 0.05) is 37.1 Å². The van der Waals surface area contributed by atoms with Crippen LogP contribution in [-0.4, -0.2) is 14.1 Å². The molecule has 0 heterocycles. The van der Waals surface area contributed by atoms with Gasteiger partial charge in [0.25, 0.3) is 0 Å². The number of hydrogen-bond acceptors (Lipinski definition) is 3. The van der Waals surface area contributed by atoms with Gasteiger partial charge in [-0.15, -0.1) is 0 Å². The molecule has 0 spiro atoms. The van der Waals surface area contributed by atoms with Gasteiger partial charge in [-0.05, 0) is 78.1 Å². The third-order valence-corrected chi connectivity index (χ3v) is 5.01. The fourth-order valence-electron chi connectivity index (χ4n) is 3.53. The molecule has 0 aliphatic heterocycles. The Hall–Kier alpha value is -2.94. The molecule has 134 valence electrons. The number of rotatable bonds is 5. The molecule has 0 atom stereocenters. The Bertz CT molecular complexity index is 844. The van der Waals surface area contributed by atoms with E-state index in [0.29, 0.717) is 0 Å². The lowest BCUT2D eigenvalue weighted by molar-refractivity contribution is 0.950. The summed E-state index contributed by atoms with van der Waals surface area (Å²) in [5.74, 6) is 0.174. The average molecular weight is 345 g/mol. The summed E-state index contributed by atoms with van der Waals surface area (Å²) in [5, 5.41) is 6.45. The van der Waals surface area contributed by atoms with Crippen LogP contribution in [-0.2, 0) is 0 Å². The van der Waals surface area contributed by atoms with Crippen LogP contribution in [0.4, 0.5) is 17.1 Å². The number of nitrogens with two attached hydrogens (primary N) is 1. The highest BCUT2D eigenvalue weighted by Gasteiger charge is 2.20. The first-order valence-electron chi connectivity index (χ1n) is 8.95. The van der Waals surface area contributed by atoms with Crippen LogP contribution in [0.15, 0.2) is 60.7 Å². The van der Waals surface area contributed by atoms with Crippen molar-refractivity contribution in [2.75, 3.05) is 30.5 Å². The van der Waals surface area contributed by atoms with Crippen molar-refractivity contribution in [1.82, 2.24) is 0 Å². The molecule has 0 fully saturated rings. The zero-order valence-corrected chi connectivity index (χ0v) is 15.9. The first-order valence-corrected chi connectivity index (χ1v) is 8.95. The summed E-state index contributed by atoms with van der Waals surface area (Å²) < 4.78 is 0. The lowest BCUT2D eigenvalue weighted by Gasteiger charge is -2.24. The molecule has 0 aliphatic rings. The van der Waals surface area contributed by atoms with Crippen LogP contribution in [0.25, 0.3) is 0 Å². The molecule has 3 heteroatoms. The predicted octanol–water partition coefficient (Wildman–Crippen LogP) is 5.15. The Morgan fingerprint density at radius 3 is 1.54 bits per heavy atom. The molecular weight excluding hydrogens is 318 g/mol. The number of anilines is 3. The van der Waals surface area contributed by atoms with E-state index in [1.807, 2.05) is 26.2 Å². The average Bonchev–Trinajstić information content (AvgIpc) is 2.65. The van der Waals surface area contributed by atoms with Gasteiger partial charge in [0.15, 0.2) is 0 Å². The van der Waals surface area contributed by atoms with Gasteiger partial charge in [0.1, 0.15) is 0 Å². The quantitative estimate of drug-likeness (QED) is 0.443. The largest absolute Gasteiger partial charge is 0.399 e. The number of aryl methyl sites for hydroxylation is 2. The van der Waals surface area contributed by atoms with Crippen LogP contribution in [0.5, 0.6) is 0 Å². The number of nitrogens with one attached hydrogen (secondary N) is 2. The van der Waals surface area contributed by atoms with Gasteiger partial charge in [-0.25, -0.2) is 0 Å². The van der Waals surface area contributed by atoms with Gasteiger partial charge in [-0.2, -0.15) is 0 Å². The minimum Gasteiger partial charge on any atom is -0.399 e. The normalized spacial score (nSPS) is 10.8. The summed E-state index contributed by atoms with van der Waals surface area (Å²) in [6.45, 7) is 4.36. The van der Waals surface area contributed by atoms with Crippen LogP contribution in [0.2, 0.25) is 0 Å². The minimum absolute atomic E-state index is 0.174. The summed E-state index contributed by atoms with van der Waals surface area (Å²) in [6.07, 6.45) is 0. The van der Waals surface area contributed by atoms with Gasteiger partial charge >= 0.3 is 0 Å². The summed E-state index contributed by atoms with van der Waals surface area (Å²) in [4.78, 5) is 0. The highest BCUT2D eigenvalue weighted by molar-refractivity contribution is 5.57. The topological polar surface area (TPSA) is 50.1 Å². The monoisotopic (exact) mass is 345 g/mol. The standard InChI is InChI=1S/C23H27N3/c1-15-13-19(25-3)9-11-21(15)23(17-5-7-18(24)8-6-17)22-12-10-20(26-4)14-16(22)2/h5-14,23,25-26H,24H2,1-4H3. The molecule has 3 rings (SSSR count). The Morgan fingerprint density at radius 2 is 1.15 bits per heavy atom. The van der Waals surface area contributed by atoms with Gasteiger partial charge in [-0.1, -0.05) is 24.3 Å². The van der Waals surface area contributed by atoms with Crippen molar-refractivity contribution in [1.29, 1.82) is 0 Å². The summed E-state index contributed by atoms with van der Waals surface area (Å²) in [6, 6.07) is 21.4. The molecule has 0 saturated heterocycles. The van der Waals surface area contributed by atoms with E-state index in [0.717, 1.165) is 17.1 Å². The smallest absolute Gasteiger partial charge is 0.0345 e. The van der Waals surface area contributed by atoms with Crippen molar-refractivity contribution in [2.45, 2.75) is 19.8 Å². The van der Waals surface area contributed by atoms with E-state index in [4.69, 9.17) is 5.73 Å². The molecule has 3 aromatic carbocycles. The van der Waals surface area contributed by atoms with Crippen molar-refractivity contribution < 1.29 is 0 Å². The molecule has 0 bridgehead atoms. The molecule has 0 radical (unpaired) electrons. The third-order valence-electron chi connectivity index (χ3n) is 5.01. The molecule has 0 unspecified atom stereocenters. The van der Waals surface area contributed by atoms with Crippen molar-refractivity contribution in [3.63, 3.8) is 0 Å². The SMILES string of the molecule is CNc1ccc(C(c2ccc(N)cc2)c2ccc(NC)cc2C)c(C)c1. The van der Waals surface area contributed by atoms with Crippen molar-refractivity contribution in [2.24, 2.45) is 0 Å². The van der Waals surface area contributed by atoms with E-state index in [2.05, 4.69) is 73.0 Å². The third kappa shape index (κ3) is 3.52. The Balaban J connectivity index is 2.18. The Labute approximate surface area is 156 Å². The zero-order valence-electron chi connectivity index (χ0n) is 15.9. The predicted molar refractivity (Wildman–Crippen MR) is 113 cm³/mol. The van der Waals surface area contributed by atoms with Crippen LogP contribution < -0.4 is 16.4 Å². The van der Waals surface area contributed by atoms with E-state index in [-0.39, 0.29) is 5.92 Å². The second kappa shape index (κ2) is 7.52.